The number of hydrogen-bond acceptors (Lipinski definition) is 3. The number of ether oxygens (including phenoxy) is 2. The maximum Gasteiger partial charge on any atom is 0.133 e. The smallest absolute Gasteiger partial charge is 0.133 e. The third kappa shape index (κ3) is 2.67. The minimum absolute atomic E-state index is 0.285. The second-order valence-electron chi connectivity index (χ2n) is 4.83. The van der Waals surface area contributed by atoms with Crippen molar-refractivity contribution < 1.29 is 9.47 Å². The second-order valence-corrected chi connectivity index (χ2v) is 5.68. The molecule has 0 fully saturated rings. The van der Waals surface area contributed by atoms with Crippen LogP contribution in [0.25, 0.3) is 0 Å². The van der Waals surface area contributed by atoms with Crippen LogP contribution >= 0.6 is 15.9 Å². The second kappa shape index (κ2) is 5.85. The Morgan fingerprint density at radius 3 is 2.90 bits per heavy atom. The van der Waals surface area contributed by atoms with Gasteiger partial charge in [-0.1, -0.05) is 24.3 Å². The Morgan fingerprint density at radius 1 is 1.25 bits per heavy atom. The van der Waals surface area contributed by atoms with Crippen LogP contribution in [0.5, 0.6) is 11.5 Å². The Kier molecular flexibility index (Phi) is 3.94. The highest BCUT2D eigenvalue weighted by Gasteiger charge is 2.24. The molecule has 2 aromatic rings. The molecule has 3 rings (SSSR count). The molecule has 4 heteroatoms. The first-order valence-electron chi connectivity index (χ1n) is 6.61. The first-order valence-corrected chi connectivity index (χ1v) is 7.40. The molecule has 0 amide bonds. The van der Waals surface area contributed by atoms with Gasteiger partial charge in [0.05, 0.1) is 23.6 Å². The van der Waals surface area contributed by atoms with Crippen LogP contribution in [-0.2, 0) is 6.54 Å². The van der Waals surface area contributed by atoms with Crippen LogP contribution in [0.2, 0.25) is 0 Å². The van der Waals surface area contributed by atoms with Crippen LogP contribution in [0.4, 0.5) is 0 Å². The zero-order valence-corrected chi connectivity index (χ0v) is 12.6. The van der Waals surface area contributed by atoms with Gasteiger partial charge >= 0.3 is 0 Å². The number of benzene rings is 2. The summed E-state index contributed by atoms with van der Waals surface area (Å²) < 4.78 is 12.5. The predicted octanol–water partition coefficient (Wildman–Crippen LogP) is 3.46. The summed E-state index contributed by atoms with van der Waals surface area (Å²) in [5, 5.41) is 0. The van der Waals surface area contributed by atoms with E-state index in [1.807, 2.05) is 36.4 Å². The van der Waals surface area contributed by atoms with Gasteiger partial charge in [-0.15, -0.1) is 0 Å². The summed E-state index contributed by atoms with van der Waals surface area (Å²) in [6.07, 6.45) is 0. The molecule has 1 atom stereocenters. The van der Waals surface area contributed by atoms with Crippen molar-refractivity contribution >= 4 is 15.9 Å². The largest absolute Gasteiger partial charge is 0.493 e. The molecule has 2 N–H and O–H groups in total. The molecule has 0 spiro atoms. The minimum Gasteiger partial charge on any atom is -0.493 e. The van der Waals surface area contributed by atoms with Crippen molar-refractivity contribution in [3.63, 3.8) is 0 Å². The van der Waals surface area contributed by atoms with Gasteiger partial charge in [-0.25, -0.2) is 0 Å². The van der Waals surface area contributed by atoms with E-state index in [1.165, 1.54) is 5.56 Å². The van der Waals surface area contributed by atoms with E-state index >= 15 is 0 Å². The summed E-state index contributed by atoms with van der Waals surface area (Å²) >= 11 is 3.52. The van der Waals surface area contributed by atoms with Gasteiger partial charge in [-0.3, -0.25) is 0 Å². The van der Waals surface area contributed by atoms with Crippen LogP contribution in [0, 0.1) is 0 Å². The Balaban J connectivity index is 1.69. The van der Waals surface area contributed by atoms with E-state index in [2.05, 4.69) is 22.0 Å². The third-order valence-corrected chi connectivity index (χ3v) is 4.09. The van der Waals surface area contributed by atoms with Crippen molar-refractivity contribution in [3.8, 4) is 11.5 Å². The molecule has 1 unspecified atom stereocenters. The summed E-state index contributed by atoms with van der Waals surface area (Å²) in [5.41, 5.74) is 7.92. The fraction of sp³-hybridized carbons (Fsp3) is 0.250. The number of hydrogen-bond donors (Lipinski definition) is 1. The molecular formula is C16H16BrNO2. The third-order valence-electron chi connectivity index (χ3n) is 3.47. The van der Waals surface area contributed by atoms with Crippen molar-refractivity contribution in [1.29, 1.82) is 0 Å². The van der Waals surface area contributed by atoms with Crippen molar-refractivity contribution in [3.05, 3.63) is 58.1 Å². The molecule has 1 heterocycles. The Hall–Kier alpha value is -1.52. The summed E-state index contributed by atoms with van der Waals surface area (Å²) in [6.45, 7) is 1.82. The normalized spacial score (nSPS) is 16.6. The molecule has 1 aliphatic rings. The zero-order valence-electron chi connectivity index (χ0n) is 11.0. The van der Waals surface area contributed by atoms with E-state index in [-0.39, 0.29) is 5.92 Å². The van der Waals surface area contributed by atoms with Gasteiger partial charge in [-0.2, -0.15) is 0 Å². The lowest BCUT2D eigenvalue weighted by molar-refractivity contribution is 0.247. The van der Waals surface area contributed by atoms with Crippen molar-refractivity contribution in [1.82, 2.24) is 0 Å². The van der Waals surface area contributed by atoms with Crippen molar-refractivity contribution in [2.45, 2.75) is 12.5 Å². The summed E-state index contributed by atoms with van der Waals surface area (Å²) in [5.74, 6) is 2.09. The molecule has 3 nitrogen and oxygen atoms in total. The lowest BCUT2D eigenvalue weighted by Crippen LogP contribution is -2.12. The Labute approximate surface area is 126 Å². The van der Waals surface area contributed by atoms with E-state index in [0.29, 0.717) is 19.8 Å². The molecule has 0 saturated carbocycles. The summed E-state index contributed by atoms with van der Waals surface area (Å²) in [7, 11) is 0. The lowest BCUT2D eigenvalue weighted by Gasteiger charge is -2.13. The minimum atomic E-state index is 0.285. The van der Waals surface area contributed by atoms with E-state index in [1.54, 1.807) is 0 Å². The average molecular weight is 334 g/mol. The van der Waals surface area contributed by atoms with Gasteiger partial charge in [0.2, 0.25) is 0 Å². The molecule has 0 aromatic heterocycles. The lowest BCUT2D eigenvalue weighted by atomic mass is 10.0. The summed E-state index contributed by atoms with van der Waals surface area (Å²) in [4.78, 5) is 0. The number of halogens is 1. The van der Waals surface area contributed by atoms with Crippen molar-refractivity contribution in [2.75, 3.05) is 13.2 Å². The van der Waals surface area contributed by atoms with Crippen LogP contribution in [0.3, 0.4) is 0 Å². The SMILES string of the molecule is NCc1ccc(OCC2COc3ccccc32)c(Br)c1. The highest BCUT2D eigenvalue weighted by molar-refractivity contribution is 9.10. The quantitative estimate of drug-likeness (QED) is 0.931. The molecular weight excluding hydrogens is 318 g/mol. The maximum absolute atomic E-state index is 5.91. The maximum atomic E-state index is 5.91. The predicted molar refractivity (Wildman–Crippen MR) is 82.2 cm³/mol. The van der Waals surface area contributed by atoms with Gasteiger partial charge in [0.25, 0.3) is 0 Å². The van der Waals surface area contributed by atoms with E-state index in [4.69, 9.17) is 15.2 Å². The molecule has 104 valence electrons. The van der Waals surface area contributed by atoms with E-state index in [0.717, 1.165) is 21.5 Å². The molecule has 2 aromatic carbocycles. The number of rotatable bonds is 4. The van der Waals surface area contributed by atoms with E-state index < -0.39 is 0 Å². The monoisotopic (exact) mass is 333 g/mol. The highest BCUT2D eigenvalue weighted by atomic mass is 79.9. The number of para-hydroxylation sites is 1. The zero-order chi connectivity index (χ0) is 13.9. The summed E-state index contributed by atoms with van der Waals surface area (Å²) in [6, 6.07) is 14.1. The first kappa shape index (κ1) is 13.5. The fourth-order valence-electron chi connectivity index (χ4n) is 2.35. The molecule has 20 heavy (non-hydrogen) atoms. The number of nitrogens with two attached hydrogens (primary N) is 1. The van der Waals surface area contributed by atoms with Gasteiger partial charge in [0.1, 0.15) is 11.5 Å². The highest BCUT2D eigenvalue weighted by Crippen LogP contribution is 2.34. The fourth-order valence-corrected chi connectivity index (χ4v) is 2.89. The van der Waals surface area contributed by atoms with Crippen molar-refractivity contribution in [2.24, 2.45) is 5.73 Å². The Morgan fingerprint density at radius 2 is 2.10 bits per heavy atom. The van der Waals surface area contributed by atoms with Gasteiger partial charge in [0, 0.05) is 12.1 Å². The average Bonchev–Trinajstić information content (AvgIpc) is 2.89. The van der Waals surface area contributed by atoms with Gasteiger partial charge in [0.15, 0.2) is 0 Å². The molecule has 0 bridgehead atoms. The molecule has 0 radical (unpaired) electrons. The van der Waals surface area contributed by atoms with E-state index in [9.17, 15) is 0 Å². The molecule has 1 aliphatic heterocycles. The van der Waals surface area contributed by atoms with Crippen LogP contribution in [0.1, 0.15) is 17.0 Å². The Bertz CT molecular complexity index is 615. The molecule has 0 aliphatic carbocycles. The number of fused-ring (bicyclic) bond motifs is 1. The van der Waals surface area contributed by atoms with Gasteiger partial charge < -0.3 is 15.2 Å². The van der Waals surface area contributed by atoms with Crippen LogP contribution < -0.4 is 15.2 Å². The van der Waals surface area contributed by atoms with Crippen LogP contribution in [0.15, 0.2) is 46.9 Å². The molecule has 0 saturated heterocycles. The topological polar surface area (TPSA) is 44.5 Å². The van der Waals surface area contributed by atoms with Crippen LogP contribution in [-0.4, -0.2) is 13.2 Å². The standard InChI is InChI=1S/C16H16BrNO2/c17-14-7-11(8-18)5-6-16(14)20-10-12-9-19-15-4-2-1-3-13(12)15/h1-7,12H,8-10,18H2. The van der Waals surface area contributed by atoms with Gasteiger partial charge in [-0.05, 0) is 39.7 Å². The first-order chi connectivity index (χ1) is 9.78.